The fourth-order valence-electron chi connectivity index (χ4n) is 2.74. The molecule has 2 aromatic rings. The van der Waals surface area contributed by atoms with Crippen molar-refractivity contribution in [2.24, 2.45) is 0 Å². The number of hydrogen-bond acceptors (Lipinski definition) is 3. The molecule has 3 rings (SSSR count). The Morgan fingerprint density at radius 3 is 2.90 bits per heavy atom. The van der Waals surface area contributed by atoms with E-state index in [0.717, 1.165) is 30.9 Å². The van der Waals surface area contributed by atoms with Crippen molar-refractivity contribution in [2.45, 2.75) is 13.0 Å². The highest BCUT2D eigenvalue weighted by atomic mass is 16.5. The summed E-state index contributed by atoms with van der Waals surface area (Å²) >= 11 is 0. The predicted octanol–water partition coefficient (Wildman–Crippen LogP) is 3.30. The van der Waals surface area contributed by atoms with Crippen molar-refractivity contribution in [3.8, 4) is 5.75 Å². The van der Waals surface area contributed by atoms with Gasteiger partial charge in [0.2, 0.25) is 0 Å². The normalized spacial score (nSPS) is 12.7. The molecule has 0 spiro atoms. The first-order valence-corrected chi connectivity index (χ1v) is 6.98. The van der Waals surface area contributed by atoms with Gasteiger partial charge in [0.05, 0.1) is 12.8 Å². The van der Waals surface area contributed by atoms with Crippen molar-refractivity contribution in [3.05, 3.63) is 53.6 Å². The van der Waals surface area contributed by atoms with Gasteiger partial charge in [-0.3, -0.25) is 0 Å². The third kappa shape index (κ3) is 2.44. The highest BCUT2D eigenvalue weighted by Crippen LogP contribution is 2.29. The average molecular weight is 268 g/mol. The molecule has 3 heteroatoms. The zero-order valence-corrected chi connectivity index (χ0v) is 12.0. The maximum Gasteiger partial charge on any atom is 0.142 e. The van der Waals surface area contributed by atoms with E-state index in [9.17, 15) is 0 Å². The van der Waals surface area contributed by atoms with E-state index in [4.69, 9.17) is 4.74 Å². The van der Waals surface area contributed by atoms with E-state index in [1.807, 2.05) is 18.2 Å². The molecule has 0 bridgehead atoms. The number of hydrogen-bond donors (Lipinski definition) is 1. The van der Waals surface area contributed by atoms with Crippen LogP contribution in [0.2, 0.25) is 0 Å². The number of ether oxygens (including phenoxy) is 1. The molecule has 0 radical (unpaired) electrons. The second-order valence-electron chi connectivity index (χ2n) is 5.20. The highest BCUT2D eigenvalue weighted by molar-refractivity contribution is 5.60. The van der Waals surface area contributed by atoms with Crippen molar-refractivity contribution < 1.29 is 4.74 Å². The van der Waals surface area contributed by atoms with E-state index >= 15 is 0 Å². The zero-order valence-electron chi connectivity index (χ0n) is 12.0. The first kappa shape index (κ1) is 12.9. The lowest BCUT2D eigenvalue weighted by atomic mass is 10.1. The Bertz CT molecular complexity index is 610. The van der Waals surface area contributed by atoms with Gasteiger partial charge in [-0.1, -0.05) is 24.3 Å². The molecule has 0 aliphatic carbocycles. The van der Waals surface area contributed by atoms with Gasteiger partial charge in [0.1, 0.15) is 5.75 Å². The van der Waals surface area contributed by atoms with E-state index in [1.54, 1.807) is 7.11 Å². The topological polar surface area (TPSA) is 24.5 Å². The Kier molecular flexibility index (Phi) is 3.50. The molecule has 1 aliphatic rings. The largest absolute Gasteiger partial charge is 0.495 e. The molecule has 0 amide bonds. The minimum Gasteiger partial charge on any atom is -0.495 e. The third-order valence-corrected chi connectivity index (χ3v) is 3.80. The van der Waals surface area contributed by atoms with Crippen LogP contribution in [0.3, 0.4) is 0 Å². The van der Waals surface area contributed by atoms with Crippen molar-refractivity contribution in [2.75, 3.05) is 30.9 Å². The van der Waals surface area contributed by atoms with E-state index in [-0.39, 0.29) is 0 Å². The second-order valence-corrected chi connectivity index (χ2v) is 5.20. The summed E-state index contributed by atoms with van der Waals surface area (Å²) in [6.07, 6.45) is 1.14. The SMILES string of the molecule is COc1ccccc1N(C)Cc1ccc2c(c1)NCC2. The van der Waals surface area contributed by atoms with Crippen molar-refractivity contribution in [3.63, 3.8) is 0 Å². The fourth-order valence-corrected chi connectivity index (χ4v) is 2.74. The first-order valence-electron chi connectivity index (χ1n) is 6.98. The van der Waals surface area contributed by atoms with Crippen LogP contribution in [-0.2, 0) is 13.0 Å². The number of para-hydroxylation sites is 2. The molecule has 1 N–H and O–H groups in total. The summed E-state index contributed by atoms with van der Waals surface area (Å²) in [4.78, 5) is 2.22. The quantitative estimate of drug-likeness (QED) is 0.920. The van der Waals surface area contributed by atoms with Crippen LogP contribution in [0.4, 0.5) is 11.4 Å². The summed E-state index contributed by atoms with van der Waals surface area (Å²) in [5.41, 5.74) is 5.14. The van der Waals surface area contributed by atoms with Crippen LogP contribution >= 0.6 is 0 Å². The molecule has 1 heterocycles. The lowest BCUT2D eigenvalue weighted by Gasteiger charge is -2.22. The Hall–Kier alpha value is -2.16. The number of methoxy groups -OCH3 is 1. The van der Waals surface area contributed by atoms with E-state index < -0.39 is 0 Å². The number of benzene rings is 2. The predicted molar refractivity (Wildman–Crippen MR) is 83.7 cm³/mol. The van der Waals surface area contributed by atoms with Gasteiger partial charge >= 0.3 is 0 Å². The molecule has 0 saturated carbocycles. The summed E-state index contributed by atoms with van der Waals surface area (Å²) < 4.78 is 5.42. The molecule has 20 heavy (non-hydrogen) atoms. The van der Waals surface area contributed by atoms with E-state index in [2.05, 4.69) is 41.5 Å². The minimum absolute atomic E-state index is 0.870. The second kappa shape index (κ2) is 5.45. The van der Waals surface area contributed by atoms with Gasteiger partial charge in [-0.2, -0.15) is 0 Å². The van der Waals surface area contributed by atoms with Crippen LogP contribution in [0.25, 0.3) is 0 Å². The lowest BCUT2D eigenvalue weighted by Crippen LogP contribution is -2.17. The monoisotopic (exact) mass is 268 g/mol. The van der Waals surface area contributed by atoms with Crippen LogP contribution < -0.4 is 15.0 Å². The van der Waals surface area contributed by atoms with Gasteiger partial charge in [0, 0.05) is 25.8 Å². The lowest BCUT2D eigenvalue weighted by molar-refractivity contribution is 0.415. The third-order valence-electron chi connectivity index (χ3n) is 3.80. The first-order chi connectivity index (χ1) is 9.78. The molecule has 0 aromatic heterocycles. The van der Waals surface area contributed by atoms with Gasteiger partial charge in [-0.25, -0.2) is 0 Å². The number of fused-ring (bicyclic) bond motifs is 1. The number of anilines is 2. The molecule has 1 aliphatic heterocycles. The van der Waals surface area contributed by atoms with Gasteiger partial charge in [-0.15, -0.1) is 0 Å². The zero-order chi connectivity index (χ0) is 13.9. The summed E-state index contributed by atoms with van der Waals surface area (Å²) in [5, 5.41) is 3.43. The van der Waals surface area contributed by atoms with Crippen molar-refractivity contribution in [1.82, 2.24) is 0 Å². The Balaban J connectivity index is 1.80. The Labute approximate surface area is 120 Å². The molecular formula is C17H20N2O. The van der Waals surface area contributed by atoms with Gasteiger partial charge < -0.3 is 15.0 Å². The molecule has 0 fully saturated rings. The molecule has 0 unspecified atom stereocenters. The van der Waals surface area contributed by atoms with Crippen molar-refractivity contribution in [1.29, 1.82) is 0 Å². The van der Waals surface area contributed by atoms with Crippen molar-refractivity contribution >= 4 is 11.4 Å². The molecule has 2 aromatic carbocycles. The smallest absolute Gasteiger partial charge is 0.142 e. The van der Waals surface area contributed by atoms with Crippen LogP contribution in [0.15, 0.2) is 42.5 Å². The van der Waals surface area contributed by atoms with Crippen LogP contribution in [0.1, 0.15) is 11.1 Å². The number of rotatable bonds is 4. The summed E-state index contributed by atoms with van der Waals surface area (Å²) in [5.74, 6) is 0.911. The van der Waals surface area contributed by atoms with E-state index in [1.165, 1.54) is 16.8 Å². The number of nitrogens with zero attached hydrogens (tertiary/aromatic N) is 1. The van der Waals surface area contributed by atoms with Gasteiger partial charge in [-0.05, 0) is 35.7 Å². The standard InChI is InChI=1S/C17H20N2O/c1-19(16-5-3-4-6-17(16)20-2)12-13-7-8-14-9-10-18-15(14)11-13/h3-8,11,18H,9-10,12H2,1-2H3. The number of nitrogens with one attached hydrogen (secondary N) is 1. The Morgan fingerprint density at radius 1 is 1.20 bits per heavy atom. The molecule has 0 atom stereocenters. The fraction of sp³-hybridized carbons (Fsp3) is 0.294. The molecule has 3 nitrogen and oxygen atoms in total. The molecule has 0 saturated heterocycles. The summed E-state index contributed by atoms with van der Waals surface area (Å²) in [6, 6.07) is 14.8. The van der Waals surface area contributed by atoms with Crippen LogP contribution in [-0.4, -0.2) is 20.7 Å². The summed E-state index contributed by atoms with van der Waals surface area (Å²) in [7, 11) is 3.81. The minimum atomic E-state index is 0.870. The molecule has 104 valence electrons. The Morgan fingerprint density at radius 2 is 2.05 bits per heavy atom. The van der Waals surface area contributed by atoms with E-state index in [0.29, 0.717) is 0 Å². The van der Waals surface area contributed by atoms with Gasteiger partial charge in [0.15, 0.2) is 0 Å². The summed E-state index contributed by atoms with van der Waals surface area (Å²) in [6.45, 7) is 1.93. The van der Waals surface area contributed by atoms with Crippen LogP contribution in [0.5, 0.6) is 5.75 Å². The average Bonchev–Trinajstić information content (AvgIpc) is 2.94. The maximum absolute atomic E-state index is 5.42. The maximum atomic E-state index is 5.42. The molecular weight excluding hydrogens is 248 g/mol. The van der Waals surface area contributed by atoms with Crippen LogP contribution in [0, 0.1) is 0 Å². The highest BCUT2D eigenvalue weighted by Gasteiger charge is 2.12. The van der Waals surface area contributed by atoms with Gasteiger partial charge in [0.25, 0.3) is 0 Å².